The molecule has 2 aromatic carbocycles. The Bertz CT molecular complexity index is 791. The molecule has 0 saturated heterocycles. The molecule has 0 N–H and O–H groups in total. The summed E-state index contributed by atoms with van der Waals surface area (Å²) in [6.45, 7) is 0. The first-order chi connectivity index (χ1) is 11.2. The van der Waals surface area contributed by atoms with E-state index in [2.05, 4.69) is 0 Å². The second kappa shape index (κ2) is 7.55. The van der Waals surface area contributed by atoms with Gasteiger partial charge in [-0.05, 0) is 17.7 Å². The van der Waals surface area contributed by atoms with Gasteiger partial charge >= 0.3 is 0 Å². The Morgan fingerprint density at radius 2 is 1.52 bits per heavy atom. The molecule has 0 aliphatic rings. The highest BCUT2D eigenvalue weighted by Gasteiger charge is 2.26. The van der Waals surface area contributed by atoms with Crippen LogP contribution in [0.1, 0.15) is 33.8 Å². The summed E-state index contributed by atoms with van der Waals surface area (Å²) in [5.74, 6) is -1.56. The fraction of sp³-hybridized carbons (Fsp3) is 0.158. The van der Waals surface area contributed by atoms with E-state index < -0.39 is 11.8 Å². The number of rotatable bonds is 5. The summed E-state index contributed by atoms with van der Waals surface area (Å²) in [5.41, 5.74) is 1.76. The third-order valence-electron chi connectivity index (χ3n) is 3.65. The van der Waals surface area contributed by atoms with Crippen LogP contribution in [0.2, 0.25) is 0 Å². The van der Waals surface area contributed by atoms with Crippen LogP contribution >= 0.6 is 0 Å². The van der Waals surface area contributed by atoms with Crippen molar-refractivity contribution in [3.63, 3.8) is 0 Å². The maximum atomic E-state index is 12.4. The van der Waals surface area contributed by atoms with Gasteiger partial charge in [-0.2, -0.15) is 15.8 Å². The number of hydrogen-bond donors (Lipinski definition) is 0. The van der Waals surface area contributed by atoms with Crippen LogP contribution in [0.15, 0.2) is 54.6 Å². The van der Waals surface area contributed by atoms with Crippen LogP contribution in [0.5, 0.6) is 0 Å². The first kappa shape index (κ1) is 16.0. The number of carbonyl (C=O) groups excluding carboxylic acids is 1. The summed E-state index contributed by atoms with van der Waals surface area (Å²) < 4.78 is 0. The largest absolute Gasteiger partial charge is 0.294 e. The standard InChI is InChI=1S/C19H13N3O/c20-11-14-6-8-15(9-7-14)18(17(12-21)13-22)10-19(23)16-4-2-1-3-5-16/h1-9,17-18H,10H2/t18-/m0/s1. The Labute approximate surface area is 134 Å². The predicted molar refractivity (Wildman–Crippen MR) is 84.0 cm³/mol. The quantitative estimate of drug-likeness (QED) is 0.789. The average molecular weight is 299 g/mol. The lowest BCUT2D eigenvalue weighted by atomic mass is 9.82. The van der Waals surface area contributed by atoms with Crippen molar-refractivity contribution in [2.45, 2.75) is 12.3 Å². The highest BCUT2D eigenvalue weighted by Crippen LogP contribution is 2.29. The van der Waals surface area contributed by atoms with Gasteiger partial charge in [-0.3, -0.25) is 4.79 Å². The lowest BCUT2D eigenvalue weighted by molar-refractivity contribution is 0.0971. The van der Waals surface area contributed by atoms with E-state index in [9.17, 15) is 15.3 Å². The Balaban J connectivity index is 2.31. The maximum Gasteiger partial charge on any atom is 0.163 e. The molecule has 2 aromatic rings. The molecule has 0 radical (unpaired) electrons. The van der Waals surface area contributed by atoms with Crippen molar-refractivity contribution in [2.24, 2.45) is 5.92 Å². The normalized spacial score (nSPS) is 11.0. The van der Waals surface area contributed by atoms with E-state index in [1.54, 1.807) is 48.5 Å². The molecule has 4 heteroatoms. The molecule has 110 valence electrons. The van der Waals surface area contributed by atoms with Crippen molar-refractivity contribution in [1.29, 1.82) is 15.8 Å². The summed E-state index contributed by atoms with van der Waals surface area (Å²) in [4.78, 5) is 12.4. The van der Waals surface area contributed by atoms with Crippen LogP contribution < -0.4 is 0 Å². The van der Waals surface area contributed by atoms with Gasteiger partial charge < -0.3 is 0 Å². The van der Waals surface area contributed by atoms with Gasteiger partial charge in [-0.1, -0.05) is 42.5 Å². The maximum absolute atomic E-state index is 12.4. The first-order valence-corrected chi connectivity index (χ1v) is 7.07. The average Bonchev–Trinajstić information content (AvgIpc) is 2.62. The molecule has 1 atom stereocenters. The molecule has 0 bridgehead atoms. The van der Waals surface area contributed by atoms with E-state index in [-0.39, 0.29) is 12.2 Å². The number of Topliss-reactive ketones (excluding diaryl/α,β-unsaturated/α-hetero) is 1. The second-order valence-electron chi connectivity index (χ2n) is 5.07. The minimum atomic E-state index is -0.921. The minimum absolute atomic E-state index is 0.0711. The van der Waals surface area contributed by atoms with E-state index in [0.29, 0.717) is 16.7 Å². The molecule has 0 unspecified atom stereocenters. The summed E-state index contributed by atoms with van der Waals surface area (Å²) in [6, 6.07) is 21.4. The smallest absolute Gasteiger partial charge is 0.163 e. The van der Waals surface area contributed by atoms with Crippen LogP contribution in [0, 0.1) is 39.9 Å². The van der Waals surface area contributed by atoms with E-state index in [4.69, 9.17) is 5.26 Å². The number of carbonyl (C=O) groups is 1. The number of hydrogen-bond acceptors (Lipinski definition) is 4. The zero-order valence-electron chi connectivity index (χ0n) is 12.3. The predicted octanol–water partition coefficient (Wildman–Crippen LogP) is 3.58. The van der Waals surface area contributed by atoms with E-state index >= 15 is 0 Å². The summed E-state index contributed by atoms with van der Waals surface area (Å²) in [5, 5.41) is 27.3. The number of ketones is 1. The van der Waals surface area contributed by atoms with Gasteiger partial charge in [-0.25, -0.2) is 0 Å². The van der Waals surface area contributed by atoms with Crippen LogP contribution in [0.4, 0.5) is 0 Å². The Morgan fingerprint density at radius 1 is 0.913 bits per heavy atom. The lowest BCUT2D eigenvalue weighted by Gasteiger charge is -2.17. The zero-order chi connectivity index (χ0) is 16.7. The molecular weight excluding hydrogens is 286 g/mol. The molecule has 0 saturated carbocycles. The van der Waals surface area contributed by atoms with Crippen molar-refractivity contribution in [3.05, 3.63) is 71.3 Å². The molecule has 0 amide bonds. The number of nitrogens with zero attached hydrogens (tertiary/aromatic N) is 3. The van der Waals surface area contributed by atoms with Crippen molar-refractivity contribution in [3.8, 4) is 18.2 Å². The van der Waals surface area contributed by atoms with Crippen molar-refractivity contribution < 1.29 is 4.79 Å². The third kappa shape index (κ3) is 3.82. The highest BCUT2D eigenvalue weighted by atomic mass is 16.1. The number of benzene rings is 2. The molecule has 0 aliphatic heterocycles. The fourth-order valence-corrected chi connectivity index (χ4v) is 2.38. The summed E-state index contributed by atoms with van der Waals surface area (Å²) in [7, 11) is 0. The van der Waals surface area contributed by atoms with E-state index in [1.807, 2.05) is 24.3 Å². The molecule has 4 nitrogen and oxygen atoms in total. The Hall–Kier alpha value is -3.42. The van der Waals surface area contributed by atoms with Gasteiger partial charge in [0.05, 0.1) is 23.8 Å². The van der Waals surface area contributed by atoms with E-state index in [1.165, 1.54) is 0 Å². The molecular formula is C19H13N3O. The van der Waals surface area contributed by atoms with Crippen molar-refractivity contribution in [2.75, 3.05) is 0 Å². The topological polar surface area (TPSA) is 88.4 Å². The zero-order valence-corrected chi connectivity index (χ0v) is 12.3. The minimum Gasteiger partial charge on any atom is -0.294 e. The molecule has 0 aromatic heterocycles. The lowest BCUT2D eigenvalue weighted by Crippen LogP contribution is -2.15. The number of nitriles is 3. The first-order valence-electron chi connectivity index (χ1n) is 7.07. The molecule has 23 heavy (non-hydrogen) atoms. The summed E-state index contributed by atoms with van der Waals surface area (Å²) in [6.07, 6.45) is 0.0711. The fourth-order valence-electron chi connectivity index (χ4n) is 2.38. The molecule has 2 rings (SSSR count). The molecule has 0 spiro atoms. The Kier molecular flexibility index (Phi) is 5.24. The van der Waals surface area contributed by atoms with Gasteiger partial charge in [0.2, 0.25) is 0 Å². The van der Waals surface area contributed by atoms with Crippen LogP contribution in [-0.4, -0.2) is 5.78 Å². The highest BCUT2D eigenvalue weighted by molar-refractivity contribution is 5.96. The van der Waals surface area contributed by atoms with Crippen LogP contribution in [-0.2, 0) is 0 Å². The molecule has 0 aliphatic carbocycles. The van der Waals surface area contributed by atoms with Gasteiger partial charge in [0, 0.05) is 17.9 Å². The Morgan fingerprint density at radius 3 is 2.04 bits per heavy atom. The van der Waals surface area contributed by atoms with Crippen LogP contribution in [0.25, 0.3) is 0 Å². The van der Waals surface area contributed by atoms with Gasteiger partial charge in [0.15, 0.2) is 5.78 Å². The molecule has 0 fully saturated rings. The van der Waals surface area contributed by atoms with Gasteiger partial charge in [0.25, 0.3) is 0 Å². The van der Waals surface area contributed by atoms with E-state index in [0.717, 1.165) is 0 Å². The summed E-state index contributed by atoms with van der Waals surface area (Å²) >= 11 is 0. The second-order valence-corrected chi connectivity index (χ2v) is 5.07. The van der Waals surface area contributed by atoms with Gasteiger partial charge in [-0.15, -0.1) is 0 Å². The van der Waals surface area contributed by atoms with Crippen molar-refractivity contribution in [1.82, 2.24) is 0 Å². The SMILES string of the molecule is N#Cc1ccc([C@H](CC(=O)c2ccccc2)C(C#N)C#N)cc1. The van der Waals surface area contributed by atoms with Crippen LogP contribution in [0.3, 0.4) is 0 Å². The van der Waals surface area contributed by atoms with Gasteiger partial charge in [0.1, 0.15) is 5.92 Å². The monoisotopic (exact) mass is 299 g/mol. The molecule has 0 heterocycles. The third-order valence-corrected chi connectivity index (χ3v) is 3.65. The van der Waals surface area contributed by atoms with Crippen molar-refractivity contribution >= 4 is 5.78 Å².